The molecule has 0 aliphatic heterocycles. The Morgan fingerprint density at radius 2 is 1.92 bits per heavy atom. The molecule has 5 heteroatoms. The van der Waals surface area contributed by atoms with Crippen LogP contribution in [0.25, 0.3) is 0 Å². The number of benzene rings is 1. The van der Waals surface area contributed by atoms with Crippen LogP contribution in [0.1, 0.15) is 57.4 Å². The van der Waals surface area contributed by atoms with Gasteiger partial charge in [0.25, 0.3) is 0 Å². The first-order chi connectivity index (χ1) is 12.7. The number of carbonyl (C=O) groups excluding carboxylic acids is 1. The highest BCUT2D eigenvalue weighted by Gasteiger charge is 2.38. The molecule has 0 amide bonds. The first-order valence-corrected chi connectivity index (χ1v) is 9.85. The molecule has 0 bridgehead atoms. The lowest BCUT2D eigenvalue weighted by atomic mass is 9.64. The molecule has 144 valence electrons. The van der Waals surface area contributed by atoms with E-state index in [1.165, 1.54) is 31.9 Å². The van der Waals surface area contributed by atoms with Gasteiger partial charge in [0.15, 0.2) is 5.96 Å². The quantitative estimate of drug-likeness (QED) is 0.291. The lowest BCUT2D eigenvalue weighted by Crippen LogP contribution is -2.42. The zero-order chi connectivity index (χ0) is 18.7. The van der Waals surface area contributed by atoms with Crippen molar-refractivity contribution in [2.45, 2.75) is 57.3 Å². The predicted molar refractivity (Wildman–Crippen MR) is 106 cm³/mol. The van der Waals surface area contributed by atoms with Gasteiger partial charge in [0.05, 0.1) is 13.7 Å². The number of methoxy groups -OCH3 is 1. The number of hydrogen-bond acceptors (Lipinski definition) is 3. The molecule has 2 N–H and O–H groups in total. The summed E-state index contributed by atoms with van der Waals surface area (Å²) in [5.74, 6) is 0.766. The molecule has 5 nitrogen and oxygen atoms in total. The summed E-state index contributed by atoms with van der Waals surface area (Å²) in [7, 11) is 1.44. The van der Waals surface area contributed by atoms with Crippen LogP contribution in [-0.4, -0.2) is 38.7 Å². The van der Waals surface area contributed by atoms with Gasteiger partial charge in [-0.1, -0.05) is 43.2 Å². The van der Waals surface area contributed by atoms with Crippen LogP contribution in [0.4, 0.5) is 0 Å². The third-order valence-corrected chi connectivity index (χ3v) is 5.16. The first-order valence-electron chi connectivity index (χ1n) is 9.85. The van der Waals surface area contributed by atoms with Crippen LogP contribution in [0.15, 0.2) is 35.3 Å². The van der Waals surface area contributed by atoms with Crippen molar-refractivity contribution in [2.75, 3.05) is 26.7 Å². The third-order valence-electron chi connectivity index (χ3n) is 5.16. The highest BCUT2D eigenvalue weighted by atomic mass is 16.5. The Morgan fingerprint density at radius 1 is 1.15 bits per heavy atom. The number of guanidine groups is 1. The Bertz CT molecular complexity index is 568. The van der Waals surface area contributed by atoms with Gasteiger partial charge < -0.3 is 15.4 Å². The highest BCUT2D eigenvalue weighted by Crippen LogP contribution is 2.43. The van der Waals surface area contributed by atoms with E-state index in [1.807, 2.05) is 0 Å². The summed E-state index contributed by atoms with van der Waals surface area (Å²) in [6, 6.07) is 10.8. The van der Waals surface area contributed by atoms with Crippen LogP contribution in [0.5, 0.6) is 0 Å². The van der Waals surface area contributed by atoms with E-state index in [2.05, 4.69) is 52.6 Å². The van der Waals surface area contributed by atoms with Gasteiger partial charge >= 0.3 is 5.97 Å². The molecule has 0 aromatic heterocycles. The van der Waals surface area contributed by atoms with Crippen molar-refractivity contribution in [1.29, 1.82) is 0 Å². The zero-order valence-electron chi connectivity index (χ0n) is 16.2. The zero-order valence-corrected chi connectivity index (χ0v) is 16.2. The molecule has 1 aromatic rings. The average Bonchev–Trinajstić information content (AvgIpc) is 2.64. The fraction of sp³-hybridized carbons (Fsp3) is 0.619. The molecule has 1 fully saturated rings. The van der Waals surface area contributed by atoms with E-state index >= 15 is 0 Å². The van der Waals surface area contributed by atoms with Gasteiger partial charge in [-0.15, -0.1) is 0 Å². The number of esters is 1. The fourth-order valence-corrected chi connectivity index (χ4v) is 3.39. The molecule has 26 heavy (non-hydrogen) atoms. The lowest BCUT2D eigenvalue weighted by molar-refractivity contribution is -0.140. The SMILES string of the molecule is CCNC(=NCC1(c2ccccc2)CCC1)NCCCCCC(=O)OC. The van der Waals surface area contributed by atoms with Gasteiger partial charge in [-0.25, -0.2) is 0 Å². The van der Waals surface area contributed by atoms with Gasteiger partial charge in [-0.2, -0.15) is 0 Å². The number of nitrogens with one attached hydrogen (secondary N) is 2. The van der Waals surface area contributed by atoms with Crippen molar-refractivity contribution in [2.24, 2.45) is 4.99 Å². The van der Waals surface area contributed by atoms with E-state index < -0.39 is 0 Å². The van der Waals surface area contributed by atoms with Crippen LogP contribution in [0.2, 0.25) is 0 Å². The van der Waals surface area contributed by atoms with Crippen molar-refractivity contribution in [1.82, 2.24) is 10.6 Å². The van der Waals surface area contributed by atoms with E-state index in [-0.39, 0.29) is 11.4 Å². The Kier molecular flexibility index (Phi) is 8.45. The Hall–Kier alpha value is -2.04. The Morgan fingerprint density at radius 3 is 2.54 bits per heavy atom. The molecule has 1 saturated carbocycles. The summed E-state index contributed by atoms with van der Waals surface area (Å²) < 4.78 is 4.66. The molecule has 2 rings (SSSR count). The van der Waals surface area contributed by atoms with Crippen molar-refractivity contribution >= 4 is 11.9 Å². The monoisotopic (exact) mass is 359 g/mol. The summed E-state index contributed by atoms with van der Waals surface area (Å²) >= 11 is 0. The van der Waals surface area contributed by atoms with Crippen LogP contribution < -0.4 is 10.6 Å². The molecule has 0 spiro atoms. The largest absolute Gasteiger partial charge is 0.469 e. The van der Waals surface area contributed by atoms with E-state index in [0.717, 1.165) is 44.9 Å². The third kappa shape index (κ3) is 6.04. The summed E-state index contributed by atoms with van der Waals surface area (Å²) in [6.45, 7) is 4.64. The predicted octanol–water partition coefficient (Wildman–Crippen LogP) is 3.40. The van der Waals surface area contributed by atoms with Crippen molar-refractivity contribution < 1.29 is 9.53 Å². The Labute approximate surface area is 157 Å². The second-order valence-electron chi connectivity index (χ2n) is 7.01. The molecule has 1 aliphatic carbocycles. The number of nitrogens with zero attached hydrogens (tertiary/aromatic N) is 1. The smallest absolute Gasteiger partial charge is 0.305 e. The molecule has 0 saturated heterocycles. The standard InChI is InChI=1S/C21H33N3O2/c1-3-22-20(23-16-9-5-8-13-19(25)26-2)24-17-21(14-10-15-21)18-11-6-4-7-12-18/h4,6-7,11-12H,3,5,8-10,13-17H2,1-2H3,(H2,22,23,24). The van der Waals surface area contributed by atoms with E-state index in [4.69, 9.17) is 4.99 Å². The first kappa shape index (κ1) is 20.3. The minimum Gasteiger partial charge on any atom is -0.469 e. The Balaban J connectivity index is 1.79. The normalized spacial score (nSPS) is 15.8. The van der Waals surface area contributed by atoms with Crippen LogP contribution in [0, 0.1) is 0 Å². The van der Waals surface area contributed by atoms with Crippen molar-refractivity contribution in [3.63, 3.8) is 0 Å². The van der Waals surface area contributed by atoms with Crippen LogP contribution in [-0.2, 0) is 14.9 Å². The molecular weight excluding hydrogens is 326 g/mol. The van der Waals surface area contributed by atoms with Crippen molar-refractivity contribution in [3.05, 3.63) is 35.9 Å². The number of rotatable bonds is 10. The van der Waals surface area contributed by atoms with E-state index in [0.29, 0.717) is 6.42 Å². The minimum atomic E-state index is -0.125. The highest BCUT2D eigenvalue weighted by molar-refractivity contribution is 5.79. The number of unbranched alkanes of at least 4 members (excludes halogenated alkanes) is 2. The van der Waals surface area contributed by atoms with Gasteiger partial charge in [0.2, 0.25) is 0 Å². The maximum Gasteiger partial charge on any atom is 0.305 e. The van der Waals surface area contributed by atoms with Gasteiger partial charge in [0.1, 0.15) is 0 Å². The topological polar surface area (TPSA) is 62.7 Å². The number of aliphatic imine (C=N–C) groups is 1. The van der Waals surface area contributed by atoms with Crippen LogP contribution >= 0.6 is 0 Å². The van der Waals surface area contributed by atoms with E-state index in [9.17, 15) is 4.79 Å². The summed E-state index contributed by atoms with van der Waals surface area (Å²) in [5, 5.41) is 6.76. The maximum atomic E-state index is 11.1. The molecule has 0 atom stereocenters. The van der Waals surface area contributed by atoms with Crippen LogP contribution in [0.3, 0.4) is 0 Å². The van der Waals surface area contributed by atoms with Gasteiger partial charge in [-0.3, -0.25) is 9.79 Å². The second-order valence-corrected chi connectivity index (χ2v) is 7.01. The maximum absolute atomic E-state index is 11.1. The number of carbonyl (C=O) groups is 1. The molecule has 0 radical (unpaired) electrons. The lowest BCUT2D eigenvalue weighted by Gasteiger charge is -2.41. The average molecular weight is 360 g/mol. The molecule has 0 heterocycles. The summed E-state index contributed by atoms with van der Waals surface area (Å²) in [4.78, 5) is 16.0. The molecular formula is C21H33N3O2. The number of hydrogen-bond donors (Lipinski definition) is 2. The molecule has 1 aromatic carbocycles. The van der Waals surface area contributed by atoms with Gasteiger partial charge in [-0.05, 0) is 38.2 Å². The summed E-state index contributed by atoms with van der Waals surface area (Å²) in [6.07, 6.45) is 7.12. The van der Waals surface area contributed by atoms with E-state index in [1.54, 1.807) is 0 Å². The minimum absolute atomic E-state index is 0.125. The van der Waals surface area contributed by atoms with Gasteiger partial charge in [0, 0.05) is 24.9 Å². The fourth-order valence-electron chi connectivity index (χ4n) is 3.39. The molecule has 1 aliphatic rings. The summed E-state index contributed by atoms with van der Waals surface area (Å²) in [5.41, 5.74) is 1.62. The molecule has 0 unspecified atom stereocenters. The second kappa shape index (κ2) is 10.8. The van der Waals surface area contributed by atoms with Crippen molar-refractivity contribution in [3.8, 4) is 0 Å². The number of ether oxygens (including phenoxy) is 1.